The molecular weight excluding hydrogens is 492 g/mol. The lowest BCUT2D eigenvalue weighted by Crippen LogP contribution is -2.33. The number of carbonyl (C=O) groups excluding carboxylic acids is 3. The minimum Gasteiger partial charge on any atom is -0.465 e. The van der Waals surface area contributed by atoms with Crippen LogP contribution in [0, 0.1) is 23.7 Å². The van der Waals surface area contributed by atoms with Crippen molar-refractivity contribution in [2.45, 2.75) is 138 Å². The van der Waals surface area contributed by atoms with E-state index in [0.717, 1.165) is 77.0 Å². The zero-order valence-corrected chi connectivity index (χ0v) is 26.0. The largest absolute Gasteiger partial charge is 0.465 e. The molecule has 0 heterocycles. The van der Waals surface area contributed by atoms with Crippen molar-refractivity contribution < 1.29 is 28.6 Å². The standard InChI is InChI=1S/C33H58O6/c1-7-13-17-25(10-4)22-37-31(34)28-20-16-21-29(32(35)38-23-26(11-5)18-14-8-2)30(28)33(36)39-24-27(12-6)19-15-9-3/h25-28H,7-24H2,1-6H3. The van der Waals surface area contributed by atoms with E-state index in [2.05, 4.69) is 41.5 Å². The summed E-state index contributed by atoms with van der Waals surface area (Å²) in [6, 6.07) is 0. The summed E-state index contributed by atoms with van der Waals surface area (Å²) in [6.07, 6.45) is 13.9. The van der Waals surface area contributed by atoms with E-state index >= 15 is 0 Å². The van der Waals surface area contributed by atoms with Gasteiger partial charge in [-0.05, 0) is 56.3 Å². The molecule has 0 aromatic rings. The van der Waals surface area contributed by atoms with E-state index in [0.29, 0.717) is 56.5 Å². The average Bonchev–Trinajstić information content (AvgIpc) is 2.96. The minimum atomic E-state index is -0.782. The summed E-state index contributed by atoms with van der Waals surface area (Å²) in [5, 5.41) is 0. The van der Waals surface area contributed by atoms with Crippen LogP contribution in [0.3, 0.4) is 0 Å². The van der Waals surface area contributed by atoms with Gasteiger partial charge in [0.2, 0.25) is 0 Å². The zero-order chi connectivity index (χ0) is 29.0. The highest BCUT2D eigenvalue weighted by molar-refractivity contribution is 6.04. The maximum Gasteiger partial charge on any atom is 0.335 e. The molecular formula is C33H58O6. The van der Waals surface area contributed by atoms with Gasteiger partial charge < -0.3 is 14.2 Å². The second kappa shape index (κ2) is 21.0. The number of unbranched alkanes of at least 4 members (excludes halogenated alkanes) is 3. The highest BCUT2D eigenvalue weighted by Crippen LogP contribution is 2.34. The number of carbonyl (C=O) groups is 3. The van der Waals surface area contributed by atoms with Gasteiger partial charge in [-0.1, -0.05) is 99.3 Å². The van der Waals surface area contributed by atoms with Crippen LogP contribution in [0.4, 0.5) is 0 Å². The van der Waals surface area contributed by atoms with Gasteiger partial charge in [-0.25, -0.2) is 9.59 Å². The zero-order valence-electron chi connectivity index (χ0n) is 26.0. The molecule has 0 aromatic carbocycles. The molecule has 1 rings (SSSR count). The molecule has 0 radical (unpaired) electrons. The van der Waals surface area contributed by atoms with Gasteiger partial charge >= 0.3 is 17.9 Å². The second-order valence-corrected chi connectivity index (χ2v) is 11.4. The molecule has 0 bridgehead atoms. The molecule has 0 N–H and O–H groups in total. The fourth-order valence-electron chi connectivity index (χ4n) is 5.23. The maximum atomic E-state index is 13.5. The predicted octanol–water partition coefficient (Wildman–Crippen LogP) is 8.36. The van der Waals surface area contributed by atoms with Gasteiger partial charge in [0, 0.05) is 5.57 Å². The molecule has 226 valence electrons. The lowest BCUT2D eigenvalue weighted by molar-refractivity contribution is -0.153. The van der Waals surface area contributed by atoms with Crippen molar-refractivity contribution in [3.05, 3.63) is 11.1 Å². The lowest BCUT2D eigenvalue weighted by atomic mass is 9.82. The minimum absolute atomic E-state index is 0.171. The Morgan fingerprint density at radius 2 is 1.10 bits per heavy atom. The normalized spacial score (nSPS) is 17.8. The van der Waals surface area contributed by atoms with Gasteiger partial charge in [-0.2, -0.15) is 0 Å². The highest BCUT2D eigenvalue weighted by atomic mass is 16.5. The number of esters is 3. The molecule has 6 heteroatoms. The molecule has 0 aromatic heterocycles. The molecule has 0 amide bonds. The fourth-order valence-corrected chi connectivity index (χ4v) is 5.23. The van der Waals surface area contributed by atoms with Crippen LogP contribution in [0.2, 0.25) is 0 Å². The molecule has 0 saturated carbocycles. The third-order valence-corrected chi connectivity index (χ3v) is 8.34. The summed E-state index contributed by atoms with van der Waals surface area (Å²) in [5.41, 5.74) is 0.475. The Morgan fingerprint density at radius 3 is 1.54 bits per heavy atom. The van der Waals surface area contributed by atoms with Crippen LogP contribution in [0.1, 0.15) is 138 Å². The summed E-state index contributed by atoms with van der Waals surface area (Å²) in [4.78, 5) is 40.1. The Balaban J connectivity index is 3.12. The third-order valence-electron chi connectivity index (χ3n) is 8.34. The molecule has 39 heavy (non-hydrogen) atoms. The van der Waals surface area contributed by atoms with E-state index < -0.39 is 23.8 Å². The van der Waals surface area contributed by atoms with Gasteiger partial charge in [-0.15, -0.1) is 0 Å². The van der Waals surface area contributed by atoms with Crippen LogP contribution in [0.15, 0.2) is 11.1 Å². The quantitative estimate of drug-likeness (QED) is 0.105. The Labute approximate surface area is 239 Å². The van der Waals surface area contributed by atoms with Crippen molar-refractivity contribution in [2.24, 2.45) is 23.7 Å². The second-order valence-electron chi connectivity index (χ2n) is 11.4. The topological polar surface area (TPSA) is 78.9 Å². The first-order valence-corrected chi connectivity index (χ1v) is 16.1. The van der Waals surface area contributed by atoms with Crippen molar-refractivity contribution >= 4 is 17.9 Å². The Bertz CT molecular complexity index is 742. The molecule has 1 aliphatic rings. The van der Waals surface area contributed by atoms with Gasteiger partial charge in [-0.3, -0.25) is 4.79 Å². The number of ether oxygens (including phenoxy) is 3. The molecule has 6 nitrogen and oxygen atoms in total. The van der Waals surface area contributed by atoms with Gasteiger partial charge in [0.1, 0.15) is 0 Å². The number of hydrogen-bond acceptors (Lipinski definition) is 6. The van der Waals surface area contributed by atoms with Crippen LogP contribution >= 0.6 is 0 Å². The fraction of sp³-hybridized carbons (Fsp3) is 0.848. The third kappa shape index (κ3) is 12.9. The van der Waals surface area contributed by atoms with Crippen LogP contribution in [-0.2, 0) is 28.6 Å². The van der Waals surface area contributed by atoms with Crippen LogP contribution in [0.25, 0.3) is 0 Å². The van der Waals surface area contributed by atoms with E-state index in [1.54, 1.807) is 0 Å². The van der Waals surface area contributed by atoms with E-state index in [4.69, 9.17) is 14.2 Å². The predicted molar refractivity (Wildman–Crippen MR) is 157 cm³/mol. The Kier molecular flexibility index (Phi) is 18.9. The SMILES string of the molecule is CCCCC(CC)COC(=O)C1=C(C(=O)OCC(CC)CCCC)C(C(=O)OCC(CC)CCCC)CCC1. The number of hydrogen-bond donors (Lipinski definition) is 0. The van der Waals surface area contributed by atoms with E-state index in [-0.39, 0.29) is 11.5 Å². The van der Waals surface area contributed by atoms with Crippen LogP contribution in [-0.4, -0.2) is 37.7 Å². The van der Waals surface area contributed by atoms with E-state index in [1.165, 1.54) is 0 Å². The first-order valence-electron chi connectivity index (χ1n) is 16.1. The first-order chi connectivity index (χ1) is 18.9. The summed E-state index contributed by atoms with van der Waals surface area (Å²) < 4.78 is 17.3. The van der Waals surface area contributed by atoms with E-state index in [9.17, 15) is 14.4 Å². The van der Waals surface area contributed by atoms with Crippen molar-refractivity contribution in [2.75, 3.05) is 19.8 Å². The first kappa shape index (κ1) is 35.2. The Morgan fingerprint density at radius 1 is 0.667 bits per heavy atom. The summed E-state index contributed by atoms with van der Waals surface area (Å²) in [5.74, 6) is -1.38. The summed E-state index contributed by atoms with van der Waals surface area (Å²) in [6.45, 7) is 13.8. The number of rotatable bonds is 21. The van der Waals surface area contributed by atoms with Crippen LogP contribution in [0.5, 0.6) is 0 Å². The average molecular weight is 551 g/mol. The van der Waals surface area contributed by atoms with E-state index in [1.807, 2.05) is 0 Å². The van der Waals surface area contributed by atoms with Crippen LogP contribution < -0.4 is 0 Å². The molecule has 4 unspecified atom stereocenters. The van der Waals surface area contributed by atoms with Crippen molar-refractivity contribution in [1.29, 1.82) is 0 Å². The maximum absolute atomic E-state index is 13.5. The van der Waals surface area contributed by atoms with Crippen molar-refractivity contribution in [1.82, 2.24) is 0 Å². The lowest BCUT2D eigenvalue weighted by Gasteiger charge is -2.27. The molecule has 1 aliphatic carbocycles. The summed E-state index contributed by atoms with van der Waals surface area (Å²) >= 11 is 0. The van der Waals surface area contributed by atoms with Gasteiger partial charge in [0.05, 0.1) is 31.3 Å². The van der Waals surface area contributed by atoms with Crippen molar-refractivity contribution in [3.63, 3.8) is 0 Å². The Hall–Kier alpha value is -1.85. The smallest absolute Gasteiger partial charge is 0.335 e. The molecule has 0 saturated heterocycles. The molecule has 0 spiro atoms. The monoisotopic (exact) mass is 550 g/mol. The van der Waals surface area contributed by atoms with Gasteiger partial charge in [0.15, 0.2) is 0 Å². The molecule has 4 atom stereocenters. The van der Waals surface area contributed by atoms with Crippen molar-refractivity contribution in [3.8, 4) is 0 Å². The summed E-state index contributed by atoms with van der Waals surface area (Å²) in [7, 11) is 0. The highest BCUT2D eigenvalue weighted by Gasteiger charge is 2.38. The molecule has 0 fully saturated rings. The van der Waals surface area contributed by atoms with Gasteiger partial charge in [0.25, 0.3) is 0 Å². The molecule has 0 aliphatic heterocycles.